The van der Waals surface area contributed by atoms with E-state index in [0.717, 1.165) is 11.1 Å². The zero-order valence-electron chi connectivity index (χ0n) is 15.6. The van der Waals surface area contributed by atoms with Crippen LogP contribution in [-0.2, 0) is 4.74 Å². The summed E-state index contributed by atoms with van der Waals surface area (Å²) in [6.45, 7) is 2.47. The maximum Gasteiger partial charge on any atom is 0.255 e. The van der Waals surface area contributed by atoms with E-state index < -0.39 is 12.1 Å². The third-order valence-corrected chi connectivity index (χ3v) is 5.16. The molecule has 2 atom stereocenters. The Morgan fingerprint density at radius 3 is 2.75 bits per heavy atom. The molecule has 6 nitrogen and oxygen atoms in total. The Morgan fingerprint density at radius 2 is 2.00 bits per heavy atom. The van der Waals surface area contributed by atoms with Gasteiger partial charge in [0.25, 0.3) is 5.91 Å². The SMILES string of the molecule is Cc1ccc2[nH]c(=O)cc(C(=O)N3CCO[C@@H](CO)[C@@H]3c3ccccc3)c2c1. The molecule has 0 saturated carbocycles. The highest BCUT2D eigenvalue weighted by Gasteiger charge is 2.37. The number of fused-ring (bicyclic) bond motifs is 1. The molecule has 2 N–H and O–H groups in total. The first-order chi connectivity index (χ1) is 13.6. The normalized spacial score (nSPS) is 19.7. The van der Waals surface area contributed by atoms with E-state index in [4.69, 9.17) is 4.74 Å². The Morgan fingerprint density at radius 1 is 1.21 bits per heavy atom. The largest absolute Gasteiger partial charge is 0.394 e. The second-order valence-corrected chi connectivity index (χ2v) is 7.04. The van der Waals surface area contributed by atoms with Crippen LogP contribution in [0, 0.1) is 6.92 Å². The van der Waals surface area contributed by atoms with Gasteiger partial charge in [-0.25, -0.2) is 0 Å². The Bertz CT molecular complexity index is 1060. The van der Waals surface area contributed by atoms with E-state index in [1.807, 2.05) is 55.5 Å². The number of carbonyl (C=O) groups is 1. The molecular formula is C22H22N2O4. The summed E-state index contributed by atoms with van der Waals surface area (Å²) >= 11 is 0. The van der Waals surface area contributed by atoms with Gasteiger partial charge in [-0.15, -0.1) is 0 Å². The summed E-state index contributed by atoms with van der Waals surface area (Å²) in [5, 5.41) is 10.5. The molecule has 6 heteroatoms. The molecule has 1 aromatic heterocycles. The average Bonchev–Trinajstić information content (AvgIpc) is 2.73. The molecule has 0 bridgehead atoms. The van der Waals surface area contributed by atoms with E-state index in [9.17, 15) is 14.7 Å². The number of aryl methyl sites for hydroxylation is 1. The molecule has 3 aromatic rings. The quantitative estimate of drug-likeness (QED) is 0.733. The van der Waals surface area contributed by atoms with Crippen LogP contribution >= 0.6 is 0 Å². The van der Waals surface area contributed by atoms with Gasteiger partial charge in [0.05, 0.1) is 24.8 Å². The van der Waals surface area contributed by atoms with Gasteiger partial charge in [0, 0.05) is 23.5 Å². The monoisotopic (exact) mass is 378 g/mol. The van der Waals surface area contributed by atoms with Crippen molar-refractivity contribution in [1.82, 2.24) is 9.88 Å². The van der Waals surface area contributed by atoms with Crippen LogP contribution < -0.4 is 5.56 Å². The average molecular weight is 378 g/mol. The van der Waals surface area contributed by atoms with Gasteiger partial charge in [-0.05, 0) is 24.6 Å². The van der Waals surface area contributed by atoms with Gasteiger partial charge >= 0.3 is 0 Å². The fourth-order valence-corrected chi connectivity index (χ4v) is 3.86. The van der Waals surface area contributed by atoms with Crippen LogP contribution in [0.1, 0.15) is 27.5 Å². The number of hydrogen-bond acceptors (Lipinski definition) is 4. The Labute approximate surface area is 162 Å². The van der Waals surface area contributed by atoms with Crippen molar-refractivity contribution in [3.63, 3.8) is 0 Å². The summed E-state index contributed by atoms with van der Waals surface area (Å²) in [6.07, 6.45) is -0.518. The number of nitrogens with zero attached hydrogens (tertiary/aromatic N) is 1. The number of morpholine rings is 1. The fourth-order valence-electron chi connectivity index (χ4n) is 3.86. The van der Waals surface area contributed by atoms with Gasteiger partial charge in [0.2, 0.25) is 5.56 Å². The molecule has 28 heavy (non-hydrogen) atoms. The van der Waals surface area contributed by atoms with Crippen molar-refractivity contribution in [3.05, 3.63) is 81.6 Å². The number of aliphatic hydroxyl groups excluding tert-OH is 1. The van der Waals surface area contributed by atoms with Crippen LogP contribution in [0.5, 0.6) is 0 Å². The lowest BCUT2D eigenvalue weighted by molar-refractivity contribution is -0.0811. The van der Waals surface area contributed by atoms with E-state index >= 15 is 0 Å². The number of aliphatic hydroxyl groups is 1. The number of nitrogens with one attached hydrogen (secondary N) is 1. The lowest BCUT2D eigenvalue weighted by Crippen LogP contribution is -2.49. The molecule has 1 aliphatic heterocycles. The zero-order chi connectivity index (χ0) is 19.7. The molecule has 144 valence electrons. The topological polar surface area (TPSA) is 82.6 Å². The molecule has 0 aliphatic carbocycles. The lowest BCUT2D eigenvalue weighted by atomic mass is 9.96. The minimum absolute atomic E-state index is 0.196. The second kappa shape index (κ2) is 7.58. The van der Waals surface area contributed by atoms with Crippen LogP contribution in [0.15, 0.2) is 59.4 Å². The molecular weight excluding hydrogens is 356 g/mol. The lowest BCUT2D eigenvalue weighted by Gasteiger charge is -2.41. The number of hydrogen-bond donors (Lipinski definition) is 2. The van der Waals surface area contributed by atoms with Crippen LogP contribution in [-0.4, -0.2) is 46.8 Å². The smallest absolute Gasteiger partial charge is 0.255 e. The number of benzene rings is 2. The highest BCUT2D eigenvalue weighted by Crippen LogP contribution is 2.31. The van der Waals surface area contributed by atoms with Gasteiger partial charge in [0.15, 0.2) is 0 Å². The maximum absolute atomic E-state index is 13.6. The highest BCUT2D eigenvalue weighted by atomic mass is 16.5. The number of carbonyl (C=O) groups excluding carboxylic acids is 1. The first-order valence-electron chi connectivity index (χ1n) is 9.30. The minimum atomic E-state index is -0.518. The van der Waals surface area contributed by atoms with Crippen molar-refractivity contribution in [3.8, 4) is 0 Å². The highest BCUT2D eigenvalue weighted by molar-refractivity contribution is 6.06. The molecule has 1 saturated heterocycles. The molecule has 0 spiro atoms. The number of rotatable bonds is 3. The predicted octanol–water partition coefficient (Wildman–Crippen LogP) is 2.41. The zero-order valence-corrected chi connectivity index (χ0v) is 15.6. The van der Waals surface area contributed by atoms with E-state index in [1.165, 1.54) is 6.07 Å². The minimum Gasteiger partial charge on any atom is -0.394 e. The molecule has 4 rings (SSSR count). The molecule has 1 fully saturated rings. The molecule has 1 amide bonds. The van der Waals surface area contributed by atoms with Gasteiger partial charge in [-0.1, -0.05) is 42.0 Å². The Balaban J connectivity index is 1.83. The van der Waals surface area contributed by atoms with Crippen molar-refractivity contribution in [2.75, 3.05) is 19.8 Å². The van der Waals surface area contributed by atoms with Crippen molar-refractivity contribution in [1.29, 1.82) is 0 Å². The third-order valence-electron chi connectivity index (χ3n) is 5.16. The van der Waals surface area contributed by atoms with Gasteiger partial charge in [-0.3, -0.25) is 9.59 Å². The van der Waals surface area contributed by atoms with Crippen molar-refractivity contribution >= 4 is 16.8 Å². The number of ether oxygens (including phenoxy) is 1. The third kappa shape index (κ3) is 3.32. The summed E-state index contributed by atoms with van der Waals surface area (Å²) in [7, 11) is 0. The molecule has 1 aliphatic rings. The van der Waals surface area contributed by atoms with Gasteiger partial charge in [0.1, 0.15) is 6.10 Å². The van der Waals surface area contributed by atoms with Crippen LogP contribution in [0.4, 0.5) is 0 Å². The number of aromatic amines is 1. The number of H-pyrrole nitrogens is 1. The summed E-state index contributed by atoms with van der Waals surface area (Å²) in [6, 6.07) is 16.1. The van der Waals surface area contributed by atoms with E-state index in [1.54, 1.807) is 4.90 Å². The van der Waals surface area contributed by atoms with Gasteiger partial charge < -0.3 is 19.7 Å². The molecule has 2 heterocycles. The Hall–Kier alpha value is -2.96. The first kappa shape index (κ1) is 18.4. The standard InChI is InChI=1S/C22H22N2O4/c1-14-7-8-18-16(11-14)17(12-20(26)23-18)22(27)24-9-10-28-19(13-25)21(24)15-5-3-2-4-6-15/h2-8,11-12,19,21,25H,9-10,13H2,1H3,(H,23,26)/t19-,21-/m0/s1. The number of aromatic nitrogens is 1. The Kier molecular flexibility index (Phi) is 4.98. The number of pyridine rings is 1. The number of amides is 1. The predicted molar refractivity (Wildman–Crippen MR) is 106 cm³/mol. The summed E-state index contributed by atoms with van der Waals surface area (Å²) in [5.41, 5.74) is 2.57. The molecule has 0 radical (unpaired) electrons. The van der Waals surface area contributed by atoms with E-state index in [2.05, 4.69) is 4.98 Å². The summed E-state index contributed by atoms with van der Waals surface area (Å²) in [5.74, 6) is -0.239. The van der Waals surface area contributed by atoms with Crippen LogP contribution in [0.25, 0.3) is 10.9 Å². The maximum atomic E-state index is 13.6. The van der Waals surface area contributed by atoms with Crippen molar-refractivity contribution in [2.45, 2.75) is 19.1 Å². The van der Waals surface area contributed by atoms with Crippen molar-refractivity contribution < 1.29 is 14.6 Å². The summed E-state index contributed by atoms with van der Waals surface area (Å²) in [4.78, 5) is 30.2. The molecule has 0 unspecified atom stereocenters. The first-order valence-corrected chi connectivity index (χ1v) is 9.30. The van der Waals surface area contributed by atoms with Crippen LogP contribution in [0.2, 0.25) is 0 Å². The molecule has 2 aromatic carbocycles. The van der Waals surface area contributed by atoms with Crippen LogP contribution in [0.3, 0.4) is 0 Å². The summed E-state index contributed by atoms with van der Waals surface area (Å²) < 4.78 is 5.73. The fraction of sp³-hybridized carbons (Fsp3) is 0.273. The van der Waals surface area contributed by atoms with E-state index in [0.29, 0.717) is 29.6 Å². The van der Waals surface area contributed by atoms with E-state index in [-0.39, 0.29) is 18.1 Å². The second-order valence-electron chi connectivity index (χ2n) is 7.04. The van der Waals surface area contributed by atoms with Crippen molar-refractivity contribution in [2.24, 2.45) is 0 Å². The van der Waals surface area contributed by atoms with Gasteiger partial charge in [-0.2, -0.15) is 0 Å².